The predicted molar refractivity (Wildman–Crippen MR) is 125 cm³/mol. The van der Waals surface area contributed by atoms with Gasteiger partial charge < -0.3 is 14.8 Å². The van der Waals surface area contributed by atoms with Gasteiger partial charge in [0.15, 0.2) is 0 Å². The van der Waals surface area contributed by atoms with Crippen LogP contribution < -0.4 is 5.32 Å². The summed E-state index contributed by atoms with van der Waals surface area (Å²) in [4.78, 5) is 30.9. The van der Waals surface area contributed by atoms with Crippen molar-refractivity contribution in [3.63, 3.8) is 0 Å². The molecule has 0 bridgehead atoms. The fourth-order valence-electron chi connectivity index (χ4n) is 3.93. The summed E-state index contributed by atoms with van der Waals surface area (Å²) < 4.78 is 1.96. The minimum Gasteiger partial charge on any atom is -0.342 e. The summed E-state index contributed by atoms with van der Waals surface area (Å²) in [6, 6.07) is 15.9. The summed E-state index contributed by atoms with van der Waals surface area (Å²) in [6.45, 7) is 6.77. The van der Waals surface area contributed by atoms with Crippen LogP contribution in [0.4, 0.5) is 5.69 Å². The van der Waals surface area contributed by atoms with Crippen LogP contribution in [-0.4, -0.2) is 52.4 Å². The van der Waals surface area contributed by atoms with Crippen LogP contribution in [0.15, 0.2) is 60.1 Å². The molecular weight excluding hydrogens is 408 g/mol. The minimum absolute atomic E-state index is 0.0145. The zero-order valence-electron chi connectivity index (χ0n) is 17.8. The van der Waals surface area contributed by atoms with Crippen LogP contribution in [0.1, 0.15) is 39.1 Å². The van der Waals surface area contributed by atoms with Crippen LogP contribution in [0.2, 0.25) is 0 Å². The van der Waals surface area contributed by atoms with Crippen molar-refractivity contribution in [2.45, 2.75) is 26.4 Å². The summed E-state index contributed by atoms with van der Waals surface area (Å²) in [7, 11) is 0. The van der Waals surface area contributed by atoms with Crippen LogP contribution in [0.25, 0.3) is 0 Å². The second-order valence-corrected chi connectivity index (χ2v) is 8.70. The Bertz CT molecular complexity index is 1010. The molecule has 4 rings (SSSR count). The molecule has 3 heterocycles. The molecule has 3 aromatic rings. The summed E-state index contributed by atoms with van der Waals surface area (Å²) >= 11 is 1.39. The average molecular weight is 437 g/mol. The number of benzene rings is 1. The van der Waals surface area contributed by atoms with Gasteiger partial charge in [0, 0.05) is 45.5 Å². The maximum absolute atomic E-state index is 13.4. The molecule has 1 fully saturated rings. The number of nitrogens with one attached hydrogen (secondary N) is 1. The number of anilines is 1. The van der Waals surface area contributed by atoms with Gasteiger partial charge in [-0.25, -0.2) is 0 Å². The zero-order valence-corrected chi connectivity index (χ0v) is 18.6. The Morgan fingerprint density at radius 3 is 2.45 bits per heavy atom. The molecule has 1 aliphatic rings. The molecular formula is C24H28N4O2S. The molecule has 1 aromatic carbocycles. The zero-order chi connectivity index (χ0) is 21.6. The van der Waals surface area contributed by atoms with E-state index in [0.717, 1.165) is 32.6 Å². The molecule has 1 saturated heterocycles. The van der Waals surface area contributed by atoms with Crippen LogP contribution in [0.3, 0.4) is 0 Å². The molecule has 2 amide bonds. The lowest BCUT2D eigenvalue weighted by atomic mass is 10.2. The average Bonchev–Trinajstić information content (AvgIpc) is 3.46. The third-order valence-corrected chi connectivity index (χ3v) is 6.40. The highest BCUT2D eigenvalue weighted by Gasteiger charge is 2.27. The van der Waals surface area contributed by atoms with Crippen LogP contribution in [0, 0.1) is 0 Å². The van der Waals surface area contributed by atoms with Gasteiger partial charge in [-0.2, -0.15) is 0 Å². The van der Waals surface area contributed by atoms with E-state index in [4.69, 9.17) is 0 Å². The topological polar surface area (TPSA) is 57.6 Å². The van der Waals surface area contributed by atoms with Gasteiger partial charge in [-0.3, -0.25) is 14.5 Å². The molecule has 0 aliphatic carbocycles. The Balaban J connectivity index is 1.45. The van der Waals surface area contributed by atoms with Gasteiger partial charge >= 0.3 is 0 Å². The van der Waals surface area contributed by atoms with Gasteiger partial charge in [-0.05, 0) is 29.5 Å². The molecule has 7 heteroatoms. The van der Waals surface area contributed by atoms with E-state index in [1.807, 2.05) is 39.2 Å². The maximum atomic E-state index is 13.4. The van der Waals surface area contributed by atoms with Gasteiger partial charge in [0.1, 0.15) is 5.69 Å². The number of piperazine rings is 1. The summed E-state index contributed by atoms with van der Waals surface area (Å²) in [5.41, 5.74) is 2.45. The minimum atomic E-state index is -0.175. The normalized spacial score (nSPS) is 14.5. The van der Waals surface area contributed by atoms with E-state index in [-0.39, 0.29) is 11.8 Å². The maximum Gasteiger partial charge on any atom is 0.272 e. The SMILES string of the molecule is CCCn1ccc(NC(=O)c2cccs2)c1C(=O)N1CCN(Cc2ccccc2)CC1. The first-order valence-electron chi connectivity index (χ1n) is 10.7. The number of amides is 2. The van der Waals surface area contributed by atoms with Gasteiger partial charge in [0.05, 0.1) is 10.6 Å². The summed E-state index contributed by atoms with van der Waals surface area (Å²) in [5.74, 6) is -0.190. The van der Waals surface area contributed by atoms with Gasteiger partial charge in [0.25, 0.3) is 11.8 Å². The number of carbonyl (C=O) groups excluding carboxylic acids is 2. The molecule has 0 spiro atoms. The van der Waals surface area contributed by atoms with Crippen LogP contribution >= 0.6 is 11.3 Å². The van der Waals surface area contributed by atoms with Crippen molar-refractivity contribution >= 4 is 28.8 Å². The number of rotatable bonds is 7. The quantitative estimate of drug-likeness (QED) is 0.605. The second kappa shape index (κ2) is 9.94. The lowest BCUT2D eigenvalue weighted by molar-refractivity contribution is 0.0619. The van der Waals surface area contributed by atoms with E-state index in [9.17, 15) is 9.59 Å². The monoisotopic (exact) mass is 436 g/mol. The lowest BCUT2D eigenvalue weighted by Crippen LogP contribution is -2.48. The first kappa shape index (κ1) is 21.3. The lowest BCUT2D eigenvalue weighted by Gasteiger charge is -2.35. The van der Waals surface area contributed by atoms with Gasteiger partial charge in [-0.15, -0.1) is 11.3 Å². The number of thiophene rings is 1. The first-order valence-corrected chi connectivity index (χ1v) is 11.6. The highest BCUT2D eigenvalue weighted by Crippen LogP contribution is 2.23. The van der Waals surface area contributed by atoms with Crippen molar-refractivity contribution in [2.75, 3.05) is 31.5 Å². The van der Waals surface area contributed by atoms with E-state index in [2.05, 4.69) is 41.4 Å². The molecule has 31 heavy (non-hydrogen) atoms. The smallest absolute Gasteiger partial charge is 0.272 e. The van der Waals surface area contributed by atoms with Crippen molar-refractivity contribution in [1.29, 1.82) is 0 Å². The van der Waals surface area contributed by atoms with Crippen molar-refractivity contribution < 1.29 is 9.59 Å². The van der Waals surface area contributed by atoms with E-state index in [0.29, 0.717) is 29.3 Å². The summed E-state index contributed by atoms with van der Waals surface area (Å²) in [6.07, 6.45) is 2.81. The number of carbonyl (C=O) groups is 2. The third-order valence-electron chi connectivity index (χ3n) is 5.53. The number of nitrogens with zero attached hydrogens (tertiary/aromatic N) is 3. The molecule has 2 aromatic heterocycles. The molecule has 1 aliphatic heterocycles. The number of hydrogen-bond donors (Lipinski definition) is 1. The molecule has 0 saturated carbocycles. The number of aromatic nitrogens is 1. The van der Waals surface area contributed by atoms with Crippen LogP contribution in [-0.2, 0) is 13.1 Å². The fourth-order valence-corrected chi connectivity index (χ4v) is 4.55. The van der Waals surface area contributed by atoms with Gasteiger partial charge in [-0.1, -0.05) is 43.3 Å². The highest BCUT2D eigenvalue weighted by atomic mass is 32.1. The number of aryl methyl sites for hydroxylation is 1. The van der Waals surface area contributed by atoms with Crippen molar-refractivity contribution in [2.24, 2.45) is 0 Å². The Morgan fingerprint density at radius 1 is 1.00 bits per heavy atom. The highest BCUT2D eigenvalue weighted by molar-refractivity contribution is 7.12. The standard InChI is InChI=1S/C24H28N4O2S/c1-2-11-27-12-10-20(25-23(29)21-9-6-17-31-21)22(27)24(30)28-15-13-26(14-16-28)18-19-7-4-3-5-8-19/h3-10,12,17H,2,11,13-16,18H2,1H3,(H,25,29). The molecule has 0 radical (unpaired) electrons. The summed E-state index contributed by atoms with van der Waals surface area (Å²) in [5, 5.41) is 4.82. The number of hydrogen-bond acceptors (Lipinski definition) is 4. The second-order valence-electron chi connectivity index (χ2n) is 7.76. The van der Waals surface area contributed by atoms with E-state index in [1.165, 1.54) is 16.9 Å². The van der Waals surface area contributed by atoms with Crippen molar-refractivity contribution in [3.05, 3.63) is 76.2 Å². The predicted octanol–water partition coefficient (Wildman–Crippen LogP) is 4.17. The van der Waals surface area contributed by atoms with Gasteiger partial charge in [0.2, 0.25) is 0 Å². The van der Waals surface area contributed by atoms with E-state index >= 15 is 0 Å². The van der Waals surface area contributed by atoms with E-state index < -0.39 is 0 Å². The molecule has 6 nitrogen and oxygen atoms in total. The largest absolute Gasteiger partial charge is 0.342 e. The van der Waals surface area contributed by atoms with Crippen molar-refractivity contribution in [3.8, 4) is 0 Å². The third kappa shape index (κ3) is 5.06. The molecule has 162 valence electrons. The Hall–Kier alpha value is -2.90. The molecule has 0 atom stereocenters. The molecule has 1 N–H and O–H groups in total. The fraction of sp³-hybridized carbons (Fsp3) is 0.333. The van der Waals surface area contributed by atoms with Crippen molar-refractivity contribution in [1.82, 2.24) is 14.4 Å². The Labute approximate surface area is 187 Å². The van der Waals surface area contributed by atoms with E-state index in [1.54, 1.807) is 6.07 Å². The van der Waals surface area contributed by atoms with Crippen LogP contribution in [0.5, 0.6) is 0 Å². The first-order chi connectivity index (χ1) is 15.2. The Kier molecular flexibility index (Phi) is 6.84. The Morgan fingerprint density at radius 2 is 1.77 bits per heavy atom. The molecule has 0 unspecified atom stereocenters.